The number of nitrogens with one attached hydrogen (secondary N) is 1. The molecule has 0 spiro atoms. The van der Waals surface area contributed by atoms with E-state index in [1.807, 2.05) is 12.3 Å². The second kappa shape index (κ2) is 5.30. The Bertz CT molecular complexity index is 310. The van der Waals surface area contributed by atoms with Crippen LogP contribution < -0.4 is 10.2 Å². The molecule has 1 aromatic rings. The summed E-state index contributed by atoms with van der Waals surface area (Å²) in [5.41, 5.74) is 0. The zero-order valence-corrected chi connectivity index (χ0v) is 10.2. The third kappa shape index (κ3) is 2.73. The molecule has 1 aliphatic heterocycles. The van der Waals surface area contributed by atoms with Gasteiger partial charge in [0.1, 0.15) is 5.82 Å². The highest BCUT2D eigenvalue weighted by molar-refractivity contribution is 5.40. The van der Waals surface area contributed by atoms with E-state index in [0.717, 1.165) is 18.9 Å². The van der Waals surface area contributed by atoms with E-state index >= 15 is 0 Å². The van der Waals surface area contributed by atoms with Crippen LogP contribution in [0, 0.1) is 0 Å². The van der Waals surface area contributed by atoms with Crippen molar-refractivity contribution in [1.29, 1.82) is 0 Å². The Labute approximate surface area is 97.9 Å². The van der Waals surface area contributed by atoms with Crippen molar-refractivity contribution in [3.8, 4) is 0 Å². The molecule has 1 saturated heterocycles. The fourth-order valence-corrected chi connectivity index (χ4v) is 2.24. The van der Waals surface area contributed by atoms with E-state index < -0.39 is 0 Å². The van der Waals surface area contributed by atoms with Gasteiger partial charge in [0.2, 0.25) is 0 Å². The maximum Gasteiger partial charge on any atom is 0.128 e. The van der Waals surface area contributed by atoms with Crippen LogP contribution in [-0.2, 0) is 0 Å². The molecule has 0 aliphatic carbocycles. The summed E-state index contributed by atoms with van der Waals surface area (Å²) in [7, 11) is 0. The number of hydrogen-bond donors (Lipinski definition) is 1. The molecule has 1 fully saturated rings. The first kappa shape index (κ1) is 11.4. The molecule has 0 radical (unpaired) electrons. The van der Waals surface area contributed by atoms with Gasteiger partial charge in [-0.3, -0.25) is 0 Å². The number of aromatic nitrogens is 1. The molecular formula is C13H21N3. The minimum Gasteiger partial charge on any atom is -0.352 e. The summed E-state index contributed by atoms with van der Waals surface area (Å²) in [5, 5.41) is 3.52. The van der Waals surface area contributed by atoms with E-state index in [4.69, 9.17) is 0 Å². The highest BCUT2D eigenvalue weighted by Gasteiger charge is 2.24. The van der Waals surface area contributed by atoms with Crippen LogP contribution in [0.5, 0.6) is 0 Å². The van der Waals surface area contributed by atoms with Gasteiger partial charge in [0.25, 0.3) is 0 Å². The first-order valence-corrected chi connectivity index (χ1v) is 6.18. The van der Waals surface area contributed by atoms with Gasteiger partial charge < -0.3 is 10.2 Å². The molecule has 0 saturated carbocycles. The monoisotopic (exact) mass is 219 g/mol. The van der Waals surface area contributed by atoms with Gasteiger partial charge in [-0.2, -0.15) is 0 Å². The standard InChI is InChI=1S/C13H21N3/c1-11(2)15-10-12-6-5-9-16(12)13-7-3-4-8-14-13/h3-4,7-8,11-12,15H,5-6,9-10H2,1-2H3. The van der Waals surface area contributed by atoms with Crippen molar-refractivity contribution in [3.63, 3.8) is 0 Å². The normalized spacial score (nSPS) is 20.7. The van der Waals surface area contributed by atoms with Gasteiger partial charge in [-0.05, 0) is 25.0 Å². The molecule has 1 aliphatic rings. The van der Waals surface area contributed by atoms with E-state index in [1.54, 1.807) is 0 Å². The molecule has 1 aromatic heterocycles. The fourth-order valence-electron chi connectivity index (χ4n) is 2.24. The predicted octanol–water partition coefficient (Wildman–Crippen LogP) is 2.05. The van der Waals surface area contributed by atoms with Crippen LogP contribution in [0.4, 0.5) is 5.82 Å². The van der Waals surface area contributed by atoms with Crippen molar-refractivity contribution in [2.24, 2.45) is 0 Å². The largest absolute Gasteiger partial charge is 0.352 e. The molecule has 0 amide bonds. The number of nitrogens with zero attached hydrogens (tertiary/aromatic N) is 2. The van der Waals surface area contributed by atoms with Crippen LogP contribution in [0.25, 0.3) is 0 Å². The van der Waals surface area contributed by atoms with Crippen molar-refractivity contribution in [2.45, 2.75) is 38.8 Å². The molecular weight excluding hydrogens is 198 g/mol. The van der Waals surface area contributed by atoms with Gasteiger partial charge in [0.15, 0.2) is 0 Å². The number of rotatable bonds is 4. The van der Waals surface area contributed by atoms with Crippen molar-refractivity contribution < 1.29 is 0 Å². The minimum atomic E-state index is 0.561. The van der Waals surface area contributed by atoms with Crippen LogP contribution in [0.2, 0.25) is 0 Å². The minimum absolute atomic E-state index is 0.561. The average Bonchev–Trinajstić information content (AvgIpc) is 2.75. The molecule has 3 heteroatoms. The van der Waals surface area contributed by atoms with Gasteiger partial charge in [0, 0.05) is 31.4 Å². The molecule has 1 N–H and O–H groups in total. The van der Waals surface area contributed by atoms with Crippen LogP contribution in [0.3, 0.4) is 0 Å². The Hall–Kier alpha value is -1.09. The quantitative estimate of drug-likeness (QED) is 0.840. The summed E-state index contributed by atoms with van der Waals surface area (Å²) in [6.45, 7) is 6.59. The zero-order valence-electron chi connectivity index (χ0n) is 10.2. The summed E-state index contributed by atoms with van der Waals surface area (Å²) in [4.78, 5) is 6.86. The van der Waals surface area contributed by atoms with E-state index in [9.17, 15) is 0 Å². The van der Waals surface area contributed by atoms with Gasteiger partial charge in [-0.1, -0.05) is 19.9 Å². The van der Waals surface area contributed by atoms with Gasteiger partial charge in [0.05, 0.1) is 0 Å². The van der Waals surface area contributed by atoms with Crippen LogP contribution in [-0.4, -0.2) is 30.2 Å². The Morgan fingerprint density at radius 3 is 3.06 bits per heavy atom. The summed E-state index contributed by atoms with van der Waals surface area (Å²) < 4.78 is 0. The van der Waals surface area contributed by atoms with E-state index in [0.29, 0.717) is 12.1 Å². The molecule has 2 heterocycles. The van der Waals surface area contributed by atoms with Crippen LogP contribution in [0.15, 0.2) is 24.4 Å². The second-order valence-corrected chi connectivity index (χ2v) is 4.74. The topological polar surface area (TPSA) is 28.2 Å². The Morgan fingerprint density at radius 1 is 1.50 bits per heavy atom. The number of anilines is 1. The lowest BCUT2D eigenvalue weighted by molar-refractivity contribution is 0.522. The van der Waals surface area contributed by atoms with E-state index in [2.05, 4.69) is 41.2 Å². The highest BCUT2D eigenvalue weighted by atomic mass is 15.2. The predicted molar refractivity (Wildman–Crippen MR) is 67.7 cm³/mol. The lowest BCUT2D eigenvalue weighted by Gasteiger charge is -2.26. The third-order valence-corrected chi connectivity index (χ3v) is 3.08. The maximum atomic E-state index is 4.44. The Kier molecular flexibility index (Phi) is 3.78. The molecule has 16 heavy (non-hydrogen) atoms. The SMILES string of the molecule is CC(C)NCC1CCCN1c1ccccn1. The summed E-state index contributed by atoms with van der Waals surface area (Å²) in [5.74, 6) is 1.12. The van der Waals surface area contributed by atoms with Crippen molar-refractivity contribution in [3.05, 3.63) is 24.4 Å². The molecule has 1 atom stereocenters. The second-order valence-electron chi connectivity index (χ2n) is 4.74. The molecule has 2 rings (SSSR count). The van der Waals surface area contributed by atoms with Crippen molar-refractivity contribution in [2.75, 3.05) is 18.0 Å². The Balaban J connectivity index is 1.98. The van der Waals surface area contributed by atoms with Gasteiger partial charge in [-0.25, -0.2) is 4.98 Å². The number of hydrogen-bond acceptors (Lipinski definition) is 3. The summed E-state index contributed by atoms with van der Waals surface area (Å²) in [6.07, 6.45) is 4.43. The lowest BCUT2D eigenvalue weighted by Crippen LogP contribution is -2.40. The molecule has 0 aromatic carbocycles. The first-order chi connectivity index (χ1) is 7.77. The van der Waals surface area contributed by atoms with Crippen molar-refractivity contribution >= 4 is 5.82 Å². The van der Waals surface area contributed by atoms with Crippen LogP contribution in [0.1, 0.15) is 26.7 Å². The molecule has 88 valence electrons. The van der Waals surface area contributed by atoms with Crippen LogP contribution >= 0.6 is 0 Å². The van der Waals surface area contributed by atoms with E-state index in [1.165, 1.54) is 12.8 Å². The van der Waals surface area contributed by atoms with Crippen molar-refractivity contribution in [1.82, 2.24) is 10.3 Å². The number of pyridine rings is 1. The molecule has 0 bridgehead atoms. The molecule has 1 unspecified atom stereocenters. The van der Waals surface area contributed by atoms with Gasteiger partial charge in [-0.15, -0.1) is 0 Å². The molecule has 3 nitrogen and oxygen atoms in total. The van der Waals surface area contributed by atoms with Gasteiger partial charge >= 0.3 is 0 Å². The first-order valence-electron chi connectivity index (χ1n) is 6.18. The lowest BCUT2D eigenvalue weighted by atomic mass is 10.2. The summed E-state index contributed by atoms with van der Waals surface area (Å²) in [6, 6.07) is 7.31. The smallest absolute Gasteiger partial charge is 0.128 e. The van der Waals surface area contributed by atoms with E-state index in [-0.39, 0.29) is 0 Å². The highest BCUT2D eigenvalue weighted by Crippen LogP contribution is 2.22. The third-order valence-electron chi connectivity index (χ3n) is 3.08. The average molecular weight is 219 g/mol. The zero-order chi connectivity index (χ0) is 11.4. The fraction of sp³-hybridized carbons (Fsp3) is 0.615. The summed E-state index contributed by atoms with van der Waals surface area (Å²) >= 11 is 0. The maximum absolute atomic E-state index is 4.44. The Morgan fingerprint density at radius 2 is 2.38 bits per heavy atom.